The van der Waals surface area contributed by atoms with Crippen molar-refractivity contribution >= 4 is 10.4 Å². The Morgan fingerprint density at radius 2 is 1.80 bits per heavy atom. The summed E-state index contributed by atoms with van der Waals surface area (Å²) in [5.74, 6) is 0. The number of hydrogen-bond donors (Lipinski definition) is 0. The van der Waals surface area contributed by atoms with Crippen LogP contribution in [0.25, 0.3) is 0 Å². The molecule has 0 fully saturated rings. The molecule has 0 atom stereocenters. The summed E-state index contributed by atoms with van der Waals surface area (Å²) in [5, 5.41) is 0. The monoisotopic (exact) mass is 244 g/mol. The fourth-order valence-corrected chi connectivity index (χ4v) is 1.26. The summed E-state index contributed by atoms with van der Waals surface area (Å²) in [6, 6.07) is 0. The second-order valence-electron chi connectivity index (χ2n) is 3.08. The van der Waals surface area contributed by atoms with Crippen LogP contribution in [0.5, 0.6) is 0 Å². The van der Waals surface area contributed by atoms with Crippen molar-refractivity contribution in [1.82, 2.24) is 0 Å². The molecule has 0 aliphatic carbocycles. The second kappa shape index (κ2) is 11.0. The first kappa shape index (κ1) is 17.8. The van der Waals surface area contributed by atoms with Crippen LogP contribution in [0.3, 0.4) is 0 Å². The normalized spacial score (nSPS) is 11.3. The quantitative estimate of drug-likeness (QED) is 0.187. The van der Waals surface area contributed by atoms with Crippen molar-refractivity contribution in [2.45, 2.75) is 45.4 Å². The van der Waals surface area contributed by atoms with Gasteiger partial charge in [0.2, 0.25) is 0 Å². The van der Waals surface area contributed by atoms with Crippen molar-refractivity contribution in [2.75, 3.05) is 0 Å². The molecular formula is C9H17NaO4S. The molecule has 0 rings (SSSR count). The zero-order chi connectivity index (χ0) is 10.9. The smallest absolute Gasteiger partial charge is 0.716 e. The van der Waals surface area contributed by atoms with Gasteiger partial charge >= 0.3 is 29.6 Å². The van der Waals surface area contributed by atoms with Gasteiger partial charge in [0.25, 0.3) is 10.4 Å². The van der Waals surface area contributed by atoms with Gasteiger partial charge in [-0.25, -0.2) is 8.42 Å². The molecule has 0 saturated heterocycles. The summed E-state index contributed by atoms with van der Waals surface area (Å²) in [4.78, 5) is 0. The predicted molar refractivity (Wildman–Crippen MR) is 53.3 cm³/mol. The fourth-order valence-electron chi connectivity index (χ4n) is 1.04. The minimum Gasteiger partial charge on any atom is -0.716 e. The van der Waals surface area contributed by atoms with Crippen molar-refractivity contribution in [3.05, 3.63) is 12.3 Å². The topological polar surface area (TPSA) is 66.4 Å². The predicted octanol–water partition coefficient (Wildman–Crippen LogP) is -0.659. The van der Waals surface area contributed by atoms with E-state index >= 15 is 0 Å². The summed E-state index contributed by atoms with van der Waals surface area (Å²) in [6.45, 7) is 2.15. The Balaban J connectivity index is 0. The molecule has 0 bridgehead atoms. The molecular weight excluding hydrogens is 227 g/mol. The van der Waals surface area contributed by atoms with E-state index in [1.807, 2.05) is 0 Å². The van der Waals surface area contributed by atoms with Crippen LogP contribution < -0.4 is 29.6 Å². The Labute approximate surface area is 114 Å². The molecule has 0 aromatic rings. The van der Waals surface area contributed by atoms with Crippen molar-refractivity contribution in [3.8, 4) is 0 Å². The summed E-state index contributed by atoms with van der Waals surface area (Å²) in [6.07, 6.45) is 9.01. The third-order valence-electron chi connectivity index (χ3n) is 1.74. The van der Waals surface area contributed by atoms with Crippen LogP contribution in [-0.4, -0.2) is 13.0 Å². The van der Waals surface area contributed by atoms with Gasteiger partial charge in [-0.05, 0) is 18.9 Å². The maximum atomic E-state index is 9.98. The summed E-state index contributed by atoms with van der Waals surface area (Å²) in [7, 11) is -4.56. The first-order valence-corrected chi connectivity index (χ1v) is 6.18. The van der Waals surface area contributed by atoms with Crippen molar-refractivity contribution in [2.24, 2.45) is 0 Å². The van der Waals surface area contributed by atoms with E-state index in [1.54, 1.807) is 6.08 Å². The molecule has 0 aliphatic heterocycles. The average Bonchev–Trinajstić information content (AvgIpc) is 2.08. The largest absolute Gasteiger partial charge is 1.00 e. The molecule has 4 nitrogen and oxygen atoms in total. The maximum absolute atomic E-state index is 9.98. The SMILES string of the molecule is CCCCCCC/C=C/OS(=O)(=O)[O-].[Na+]. The molecule has 6 heteroatoms. The van der Waals surface area contributed by atoms with E-state index in [1.165, 1.54) is 19.3 Å². The number of unbranched alkanes of at least 4 members (excludes halogenated alkanes) is 5. The standard InChI is InChI=1S/C9H18O4S.Na/c1-2-3-4-5-6-7-8-9-13-14(10,11)12;/h8-9H,2-7H2,1H3,(H,10,11,12);/q;+1/p-1/b9-8+;. The van der Waals surface area contributed by atoms with Gasteiger partial charge in [0.05, 0.1) is 0 Å². The number of hydrogen-bond acceptors (Lipinski definition) is 4. The van der Waals surface area contributed by atoms with E-state index in [2.05, 4.69) is 11.1 Å². The van der Waals surface area contributed by atoms with E-state index in [0.717, 1.165) is 25.5 Å². The van der Waals surface area contributed by atoms with Crippen molar-refractivity contribution in [1.29, 1.82) is 0 Å². The molecule has 84 valence electrons. The summed E-state index contributed by atoms with van der Waals surface area (Å²) in [5.41, 5.74) is 0. The second-order valence-corrected chi connectivity index (χ2v) is 4.09. The Kier molecular flexibility index (Phi) is 13.0. The molecule has 15 heavy (non-hydrogen) atoms. The molecule has 0 aromatic heterocycles. The average molecular weight is 244 g/mol. The molecule has 0 aliphatic rings. The third kappa shape index (κ3) is 17.1. The van der Waals surface area contributed by atoms with E-state index in [-0.39, 0.29) is 29.6 Å². The third-order valence-corrected chi connectivity index (χ3v) is 2.09. The van der Waals surface area contributed by atoms with Gasteiger partial charge in [0.15, 0.2) is 0 Å². The molecule has 0 amide bonds. The Morgan fingerprint density at radius 1 is 1.20 bits per heavy atom. The van der Waals surface area contributed by atoms with Crippen molar-refractivity contribution in [3.63, 3.8) is 0 Å². The van der Waals surface area contributed by atoms with Gasteiger partial charge in [0.1, 0.15) is 6.26 Å². The number of rotatable bonds is 8. The van der Waals surface area contributed by atoms with Gasteiger partial charge in [0, 0.05) is 0 Å². The first-order valence-electron chi connectivity index (χ1n) is 4.85. The van der Waals surface area contributed by atoms with Crippen molar-refractivity contribution < 1.29 is 46.7 Å². The van der Waals surface area contributed by atoms with E-state index in [4.69, 9.17) is 0 Å². The van der Waals surface area contributed by atoms with Gasteiger partial charge in [-0.15, -0.1) is 0 Å². The zero-order valence-electron chi connectivity index (χ0n) is 9.44. The van der Waals surface area contributed by atoms with Crippen LogP contribution in [0.15, 0.2) is 12.3 Å². The van der Waals surface area contributed by atoms with Gasteiger partial charge in [-0.2, -0.15) is 0 Å². The molecule has 0 saturated carbocycles. The van der Waals surface area contributed by atoms with Crippen LogP contribution in [0.2, 0.25) is 0 Å². The van der Waals surface area contributed by atoms with Crippen LogP contribution >= 0.6 is 0 Å². The minimum absolute atomic E-state index is 0. The molecule has 0 N–H and O–H groups in total. The molecule has 0 aromatic carbocycles. The number of allylic oxidation sites excluding steroid dienone is 1. The zero-order valence-corrected chi connectivity index (χ0v) is 12.3. The Bertz CT molecular complexity index is 249. The Morgan fingerprint density at radius 3 is 2.33 bits per heavy atom. The van der Waals surface area contributed by atoms with Gasteiger partial charge < -0.3 is 8.74 Å². The molecule has 0 spiro atoms. The summed E-state index contributed by atoms with van der Waals surface area (Å²) < 4.78 is 33.8. The van der Waals surface area contributed by atoms with E-state index < -0.39 is 10.4 Å². The van der Waals surface area contributed by atoms with E-state index in [9.17, 15) is 13.0 Å². The molecule has 0 unspecified atom stereocenters. The molecule has 0 heterocycles. The Hall–Kier alpha value is 0.450. The minimum atomic E-state index is -4.56. The van der Waals surface area contributed by atoms with Crippen LogP contribution in [0.1, 0.15) is 45.4 Å². The van der Waals surface area contributed by atoms with Gasteiger partial charge in [-0.3, -0.25) is 0 Å². The van der Waals surface area contributed by atoms with Crippen LogP contribution in [0, 0.1) is 0 Å². The molecule has 0 radical (unpaired) electrons. The van der Waals surface area contributed by atoms with Crippen LogP contribution in [0.4, 0.5) is 0 Å². The van der Waals surface area contributed by atoms with Gasteiger partial charge in [-0.1, -0.05) is 32.6 Å². The summed E-state index contributed by atoms with van der Waals surface area (Å²) >= 11 is 0. The maximum Gasteiger partial charge on any atom is 1.00 e. The van der Waals surface area contributed by atoms with Crippen LogP contribution in [-0.2, 0) is 14.6 Å². The first-order chi connectivity index (χ1) is 6.56. The fraction of sp³-hybridized carbons (Fsp3) is 0.778. The van der Waals surface area contributed by atoms with E-state index in [0.29, 0.717) is 0 Å².